The van der Waals surface area contributed by atoms with Crippen molar-refractivity contribution in [1.29, 1.82) is 0 Å². The summed E-state index contributed by atoms with van der Waals surface area (Å²) in [6, 6.07) is 6.29. The van der Waals surface area contributed by atoms with Crippen LogP contribution in [0.5, 0.6) is 5.75 Å². The van der Waals surface area contributed by atoms with E-state index in [4.69, 9.17) is 5.73 Å². The number of nitrogens with two attached hydrogens (primary N) is 1. The lowest BCUT2D eigenvalue weighted by Crippen LogP contribution is -2.44. The van der Waals surface area contributed by atoms with Gasteiger partial charge < -0.3 is 16.2 Å². The number of carbonyl (C=O) groups is 1. The van der Waals surface area contributed by atoms with Crippen molar-refractivity contribution in [2.45, 2.75) is 45.1 Å². The van der Waals surface area contributed by atoms with Crippen LogP contribution < -0.4 is 11.1 Å². The SMILES string of the molecule is CC1CCCCC1CNC(=O)[C@@H](N)Cc1ccc(O)cc1. The molecule has 116 valence electrons. The smallest absolute Gasteiger partial charge is 0.237 e. The first-order chi connectivity index (χ1) is 10.1. The highest BCUT2D eigenvalue weighted by atomic mass is 16.3. The lowest BCUT2D eigenvalue weighted by atomic mass is 9.80. The molecule has 2 unspecified atom stereocenters. The van der Waals surface area contributed by atoms with Gasteiger partial charge in [0.15, 0.2) is 0 Å². The van der Waals surface area contributed by atoms with Gasteiger partial charge in [0.1, 0.15) is 5.75 Å². The zero-order valence-electron chi connectivity index (χ0n) is 12.7. The summed E-state index contributed by atoms with van der Waals surface area (Å²) in [5.74, 6) is 1.42. The number of rotatable bonds is 5. The second-order valence-electron chi connectivity index (χ2n) is 6.24. The third-order valence-corrected chi connectivity index (χ3v) is 4.56. The first kappa shape index (κ1) is 15.8. The van der Waals surface area contributed by atoms with Gasteiger partial charge in [0.2, 0.25) is 5.91 Å². The molecule has 3 atom stereocenters. The molecule has 4 nitrogen and oxygen atoms in total. The first-order valence-electron chi connectivity index (χ1n) is 7.87. The Morgan fingerprint density at radius 3 is 2.67 bits per heavy atom. The number of phenols is 1. The van der Waals surface area contributed by atoms with Crippen molar-refractivity contribution in [2.24, 2.45) is 17.6 Å². The normalized spacial score (nSPS) is 23.5. The molecule has 0 aromatic heterocycles. The van der Waals surface area contributed by atoms with E-state index in [2.05, 4.69) is 12.2 Å². The Morgan fingerprint density at radius 2 is 2.00 bits per heavy atom. The zero-order chi connectivity index (χ0) is 15.2. The summed E-state index contributed by atoms with van der Waals surface area (Å²) in [7, 11) is 0. The average molecular weight is 290 g/mol. The van der Waals surface area contributed by atoms with E-state index < -0.39 is 6.04 Å². The summed E-state index contributed by atoms with van der Waals surface area (Å²) in [6.45, 7) is 3.01. The summed E-state index contributed by atoms with van der Waals surface area (Å²) in [5.41, 5.74) is 6.92. The number of nitrogens with one attached hydrogen (secondary N) is 1. The summed E-state index contributed by atoms with van der Waals surface area (Å²) in [5, 5.41) is 12.2. The van der Waals surface area contributed by atoms with Gasteiger partial charge in [-0.3, -0.25) is 4.79 Å². The molecule has 1 amide bonds. The predicted octanol–water partition coefficient (Wildman–Crippen LogP) is 2.20. The maximum atomic E-state index is 12.1. The largest absolute Gasteiger partial charge is 0.508 e. The van der Waals surface area contributed by atoms with Crippen LogP contribution in [0.4, 0.5) is 0 Å². The molecule has 2 rings (SSSR count). The topological polar surface area (TPSA) is 75.4 Å². The molecule has 1 saturated carbocycles. The van der Waals surface area contributed by atoms with Crippen molar-refractivity contribution < 1.29 is 9.90 Å². The first-order valence-corrected chi connectivity index (χ1v) is 7.87. The number of phenolic OH excluding ortho intramolecular Hbond substituents is 1. The highest BCUT2D eigenvalue weighted by Gasteiger charge is 2.22. The standard InChI is InChI=1S/C17H26N2O2/c1-12-4-2-3-5-14(12)11-19-17(21)16(18)10-13-6-8-15(20)9-7-13/h6-9,12,14,16,20H,2-5,10-11,18H2,1H3,(H,19,21)/t12?,14?,16-/m0/s1. The van der Waals surface area contributed by atoms with Gasteiger partial charge in [0.25, 0.3) is 0 Å². The van der Waals surface area contributed by atoms with Gasteiger partial charge in [-0.2, -0.15) is 0 Å². The lowest BCUT2D eigenvalue weighted by molar-refractivity contribution is -0.122. The van der Waals surface area contributed by atoms with Crippen LogP contribution in [-0.4, -0.2) is 23.6 Å². The van der Waals surface area contributed by atoms with Crippen molar-refractivity contribution in [3.05, 3.63) is 29.8 Å². The van der Waals surface area contributed by atoms with Crippen LogP contribution in [0.1, 0.15) is 38.2 Å². The predicted molar refractivity (Wildman–Crippen MR) is 83.9 cm³/mol. The Morgan fingerprint density at radius 1 is 1.33 bits per heavy atom. The number of aromatic hydroxyl groups is 1. The van der Waals surface area contributed by atoms with E-state index in [0.717, 1.165) is 12.1 Å². The number of benzene rings is 1. The summed E-state index contributed by atoms with van der Waals surface area (Å²) >= 11 is 0. The summed E-state index contributed by atoms with van der Waals surface area (Å²) in [6.07, 6.45) is 5.54. The van der Waals surface area contributed by atoms with E-state index in [9.17, 15) is 9.90 Å². The van der Waals surface area contributed by atoms with Gasteiger partial charge in [-0.1, -0.05) is 38.3 Å². The molecule has 0 aliphatic heterocycles. The van der Waals surface area contributed by atoms with Crippen LogP contribution >= 0.6 is 0 Å². The third-order valence-electron chi connectivity index (χ3n) is 4.56. The average Bonchev–Trinajstić information content (AvgIpc) is 2.48. The molecule has 4 N–H and O–H groups in total. The minimum atomic E-state index is -0.534. The van der Waals surface area contributed by atoms with Crippen LogP contribution in [-0.2, 0) is 11.2 Å². The van der Waals surface area contributed by atoms with Crippen LogP contribution in [0.3, 0.4) is 0 Å². The number of hydrogen-bond acceptors (Lipinski definition) is 3. The minimum Gasteiger partial charge on any atom is -0.508 e. The van der Waals surface area contributed by atoms with Crippen molar-refractivity contribution in [3.63, 3.8) is 0 Å². The molecule has 1 aromatic rings. The van der Waals surface area contributed by atoms with Crippen molar-refractivity contribution in [1.82, 2.24) is 5.32 Å². The fourth-order valence-corrected chi connectivity index (χ4v) is 3.04. The number of amides is 1. The van der Waals surface area contributed by atoms with Crippen LogP contribution in [0.25, 0.3) is 0 Å². The lowest BCUT2D eigenvalue weighted by Gasteiger charge is -2.29. The highest BCUT2D eigenvalue weighted by Crippen LogP contribution is 2.28. The fourth-order valence-electron chi connectivity index (χ4n) is 3.04. The van der Waals surface area contributed by atoms with E-state index in [1.807, 2.05) is 0 Å². The van der Waals surface area contributed by atoms with Crippen molar-refractivity contribution >= 4 is 5.91 Å². The molecular formula is C17H26N2O2. The summed E-state index contributed by atoms with van der Waals surface area (Å²) in [4.78, 5) is 12.1. The molecule has 21 heavy (non-hydrogen) atoms. The van der Waals surface area contributed by atoms with Gasteiger partial charge in [-0.25, -0.2) is 0 Å². The Labute approximate surface area is 126 Å². The molecule has 1 fully saturated rings. The number of hydrogen-bond donors (Lipinski definition) is 3. The van der Waals surface area contributed by atoms with E-state index >= 15 is 0 Å². The molecule has 0 bridgehead atoms. The number of carbonyl (C=O) groups excluding carboxylic acids is 1. The fraction of sp³-hybridized carbons (Fsp3) is 0.588. The quantitative estimate of drug-likeness (QED) is 0.778. The summed E-state index contributed by atoms with van der Waals surface area (Å²) < 4.78 is 0. The van der Waals surface area contributed by atoms with E-state index in [1.165, 1.54) is 25.7 Å². The van der Waals surface area contributed by atoms with E-state index in [1.54, 1.807) is 24.3 Å². The zero-order valence-corrected chi connectivity index (χ0v) is 12.7. The molecule has 1 aromatic carbocycles. The Hall–Kier alpha value is -1.55. The third kappa shape index (κ3) is 4.74. The maximum absolute atomic E-state index is 12.1. The highest BCUT2D eigenvalue weighted by molar-refractivity contribution is 5.81. The molecule has 1 aliphatic carbocycles. The van der Waals surface area contributed by atoms with Gasteiger partial charge in [0.05, 0.1) is 6.04 Å². The molecule has 0 saturated heterocycles. The van der Waals surface area contributed by atoms with Crippen LogP contribution in [0, 0.1) is 11.8 Å². The van der Waals surface area contributed by atoms with Gasteiger partial charge in [0, 0.05) is 6.54 Å². The van der Waals surface area contributed by atoms with Crippen molar-refractivity contribution in [3.8, 4) is 5.75 Å². The molecule has 0 spiro atoms. The Balaban J connectivity index is 1.78. The van der Waals surface area contributed by atoms with Crippen LogP contribution in [0.15, 0.2) is 24.3 Å². The van der Waals surface area contributed by atoms with Gasteiger partial charge >= 0.3 is 0 Å². The molecule has 4 heteroatoms. The van der Waals surface area contributed by atoms with E-state index in [-0.39, 0.29) is 11.7 Å². The molecule has 1 aliphatic rings. The van der Waals surface area contributed by atoms with E-state index in [0.29, 0.717) is 18.3 Å². The molecule has 0 heterocycles. The van der Waals surface area contributed by atoms with Gasteiger partial charge in [-0.15, -0.1) is 0 Å². The molecule has 0 radical (unpaired) electrons. The van der Waals surface area contributed by atoms with Crippen LogP contribution in [0.2, 0.25) is 0 Å². The monoisotopic (exact) mass is 290 g/mol. The van der Waals surface area contributed by atoms with Crippen molar-refractivity contribution in [2.75, 3.05) is 6.54 Å². The minimum absolute atomic E-state index is 0.0825. The Bertz CT molecular complexity index is 458. The second-order valence-corrected chi connectivity index (χ2v) is 6.24. The van der Waals surface area contributed by atoms with Gasteiger partial charge in [-0.05, 0) is 42.4 Å². The molecular weight excluding hydrogens is 264 g/mol. The Kier molecular flexibility index (Phi) is 5.62. The second kappa shape index (κ2) is 7.46. The maximum Gasteiger partial charge on any atom is 0.237 e.